The Morgan fingerprint density at radius 1 is 1.28 bits per heavy atom. The van der Waals surface area contributed by atoms with Crippen molar-refractivity contribution in [3.8, 4) is 0 Å². The van der Waals surface area contributed by atoms with Crippen LogP contribution >= 0.6 is 0 Å². The second-order valence-electron chi connectivity index (χ2n) is 5.20. The predicted octanol–water partition coefficient (Wildman–Crippen LogP) is 2.23. The van der Waals surface area contributed by atoms with Crippen LogP contribution in [0, 0.1) is 5.41 Å². The number of aliphatic hydroxyl groups excluding tert-OH is 1. The number of anilines is 1. The smallest absolute Gasteiger partial charge is 0.0584 e. The van der Waals surface area contributed by atoms with E-state index >= 15 is 0 Å². The molecule has 18 heavy (non-hydrogen) atoms. The van der Waals surface area contributed by atoms with E-state index in [0.29, 0.717) is 13.2 Å². The zero-order valence-electron chi connectivity index (χ0n) is 11.3. The summed E-state index contributed by atoms with van der Waals surface area (Å²) in [5.74, 6) is 0. The van der Waals surface area contributed by atoms with Gasteiger partial charge in [-0.2, -0.15) is 0 Å². The van der Waals surface area contributed by atoms with E-state index in [4.69, 9.17) is 4.74 Å². The van der Waals surface area contributed by atoms with E-state index in [2.05, 4.69) is 37.4 Å². The van der Waals surface area contributed by atoms with Crippen LogP contribution in [0.2, 0.25) is 0 Å². The van der Waals surface area contributed by atoms with Crippen molar-refractivity contribution in [2.24, 2.45) is 5.41 Å². The monoisotopic (exact) mass is 249 g/mol. The van der Waals surface area contributed by atoms with Crippen molar-refractivity contribution in [1.29, 1.82) is 0 Å². The number of rotatable bonds is 6. The number of ether oxygens (including phenoxy) is 1. The molecular weight excluding hydrogens is 226 g/mol. The van der Waals surface area contributed by atoms with Gasteiger partial charge in [0, 0.05) is 12.2 Å². The van der Waals surface area contributed by atoms with Crippen molar-refractivity contribution in [2.45, 2.75) is 26.7 Å². The van der Waals surface area contributed by atoms with Crippen LogP contribution in [0.25, 0.3) is 0 Å². The van der Waals surface area contributed by atoms with E-state index in [9.17, 15) is 5.11 Å². The Bertz CT molecular complexity index is 394. The van der Waals surface area contributed by atoms with Gasteiger partial charge < -0.3 is 15.2 Å². The SMILES string of the molecule is CCc1ccc(CC)c(NCC2(CO)COC2)c1. The van der Waals surface area contributed by atoms with E-state index in [1.165, 1.54) is 16.8 Å². The van der Waals surface area contributed by atoms with Gasteiger partial charge in [-0.1, -0.05) is 26.0 Å². The van der Waals surface area contributed by atoms with Gasteiger partial charge in [-0.25, -0.2) is 0 Å². The fourth-order valence-corrected chi connectivity index (χ4v) is 2.24. The quantitative estimate of drug-likeness (QED) is 0.812. The molecule has 0 aromatic heterocycles. The number of hydrogen-bond acceptors (Lipinski definition) is 3. The highest BCUT2D eigenvalue weighted by Crippen LogP contribution is 2.28. The maximum Gasteiger partial charge on any atom is 0.0584 e. The van der Waals surface area contributed by atoms with Crippen LogP contribution in [0.1, 0.15) is 25.0 Å². The Morgan fingerprint density at radius 3 is 2.56 bits per heavy atom. The molecule has 0 saturated carbocycles. The molecule has 0 amide bonds. The molecule has 2 N–H and O–H groups in total. The molecule has 1 aliphatic heterocycles. The molecular formula is C15H23NO2. The summed E-state index contributed by atoms with van der Waals surface area (Å²) in [6, 6.07) is 6.62. The Morgan fingerprint density at radius 2 is 2.06 bits per heavy atom. The first kappa shape index (κ1) is 13.4. The van der Waals surface area contributed by atoms with Crippen molar-refractivity contribution in [3.05, 3.63) is 29.3 Å². The molecule has 1 fully saturated rings. The Labute approximate surface area is 109 Å². The Hall–Kier alpha value is -1.06. The molecule has 1 aromatic carbocycles. The second-order valence-corrected chi connectivity index (χ2v) is 5.20. The summed E-state index contributed by atoms with van der Waals surface area (Å²) in [7, 11) is 0. The topological polar surface area (TPSA) is 41.5 Å². The van der Waals surface area contributed by atoms with Crippen LogP contribution < -0.4 is 5.32 Å². The summed E-state index contributed by atoms with van der Waals surface area (Å²) in [4.78, 5) is 0. The van der Waals surface area contributed by atoms with Crippen LogP contribution in [0.4, 0.5) is 5.69 Å². The zero-order chi connectivity index (χ0) is 13.0. The highest BCUT2D eigenvalue weighted by molar-refractivity contribution is 5.53. The van der Waals surface area contributed by atoms with Gasteiger partial charge in [0.15, 0.2) is 0 Å². The molecule has 0 unspecified atom stereocenters. The van der Waals surface area contributed by atoms with E-state index < -0.39 is 0 Å². The summed E-state index contributed by atoms with van der Waals surface area (Å²) in [6.45, 7) is 6.62. The maximum atomic E-state index is 9.42. The van der Waals surface area contributed by atoms with Crippen molar-refractivity contribution in [2.75, 3.05) is 31.7 Å². The van der Waals surface area contributed by atoms with Gasteiger partial charge in [-0.15, -0.1) is 0 Å². The summed E-state index contributed by atoms with van der Waals surface area (Å²) in [5.41, 5.74) is 3.81. The average Bonchev–Trinajstić information content (AvgIpc) is 2.37. The number of hydrogen-bond donors (Lipinski definition) is 2. The van der Waals surface area contributed by atoms with Gasteiger partial charge in [0.25, 0.3) is 0 Å². The lowest BCUT2D eigenvalue weighted by Crippen LogP contribution is -2.50. The fourth-order valence-electron chi connectivity index (χ4n) is 2.24. The number of aryl methyl sites for hydroxylation is 2. The Kier molecular flexibility index (Phi) is 4.25. The third-order valence-electron chi connectivity index (χ3n) is 3.77. The van der Waals surface area contributed by atoms with E-state index in [1.807, 2.05) is 0 Å². The molecule has 1 heterocycles. The van der Waals surface area contributed by atoms with Crippen LogP contribution in [-0.4, -0.2) is 31.5 Å². The van der Waals surface area contributed by atoms with Gasteiger partial charge in [-0.05, 0) is 30.0 Å². The van der Waals surface area contributed by atoms with E-state index in [-0.39, 0.29) is 12.0 Å². The Balaban J connectivity index is 2.07. The fraction of sp³-hybridized carbons (Fsp3) is 0.600. The minimum absolute atomic E-state index is 0.0762. The van der Waals surface area contributed by atoms with Crippen molar-refractivity contribution < 1.29 is 9.84 Å². The highest BCUT2D eigenvalue weighted by atomic mass is 16.5. The van der Waals surface area contributed by atoms with Crippen molar-refractivity contribution >= 4 is 5.69 Å². The number of nitrogens with one attached hydrogen (secondary N) is 1. The number of aliphatic hydroxyl groups is 1. The minimum atomic E-state index is -0.0762. The first-order valence-corrected chi connectivity index (χ1v) is 6.77. The highest BCUT2D eigenvalue weighted by Gasteiger charge is 2.37. The maximum absolute atomic E-state index is 9.42. The lowest BCUT2D eigenvalue weighted by molar-refractivity contribution is -0.128. The second kappa shape index (κ2) is 5.72. The molecule has 100 valence electrons. The normalized spacial score (nSPS) is 17.3. The van der Waals surface area contributed by atoms with Crippen molar-refractivity contribution in [1.82, 2.24) is 0 Å². The summed E-state index contributed by atoms with van der Waals surface area (Å²) < 4.78 is 5.22. The molecule has 3 heteroatoms. The third-order valence-corrected chi connectivity index (χ3v) is 3.77. The van der Waals surface area contributed by atoms with Crippen molar-refractivity contribution in [3.63, 3.8) is 0 Å². The van der Waals surface area contributed by atoms with Gasteiger partial charge >= 0.3 is 0 Å². The molecule has 1 aromatic rings. The van der Waals surface area contributed by atoms with Gasteiger partial charge in [0.1, 0.15) is 0 Å². The molecule has 0 atom stereocenters. The summed E-state index contributed by atoms with van der Waals surface area (Å²) >= 11 is 0. The van der Waals surface area contributed by atoms with Gasteiger partial charge in [-0.3, -0.25) is 0 Å². The predicted molar refractivity (Wildman–Crippen MR) is 74.0 cm³/mol. The van der Waals surface area contributed by atoms with E-state index in [0.717, 1.165) is 19.4 Å². The van der Waals surface area contributed by atoms with E-state index in [1.54, 1.807) is 0 Å². The average molecular weight is 249 g/mol. The van der Waals surface area contributed by atoms with Crippen LogP contribution in [0.5, 0.6) is 0 Å². The molecule has 3 nitrogen and oxygen atoms in total. The standard InChI is InChI=1S/C15H23NO2/c1-3-12-5-6-13(4-2)14(7-12)16-8-15(9-17)10-18-11-15/h5-7,16-17H,3-4,8-11H2,1-2H3. The molecule has 2 rings (SSSR count). The largest absolute Gasteiger partial charge is 0.396 e. The van der Waals surface area contributed by atoms with Crippen LogP contribution in [0.15, 0.2) is 18.2 Å². The molecule has 1 saturated heterocycles. The molecule has 0 bridgehead atoms. The minimum Gasteiger partial charge on any atom is -0.396 e. The molecule has 1 aliphatic rings. The third kappa shape index (κ3) is 2.68. The lowest BCUT2D eigenvalue weighted by atomic mass is 9.87. The molecule has 0 aliphatic carbocycles. The van der Waals surface area contributed by atoms with Gasteiger partial charge in [0.2, 0.25) is 0 Å². The zero-order valence-corrected chi connectivity index (χ0v) is 11.3. The first-order valence-electron chi connectivity index (χ1n) is 6.77. The summed E-state index contributed by atoms with van der Waals surface area (Å²) in [6.07, 6.45) is 2.07. The lowest BCUT2D eigenvalue weighted by Gasteiger charge is -2.40. The molecule has 0 radical (unpaired) electrons. The van der Waals surface area contributed by atoms with Gasteiger partial charge in [0.05, 0.1) is 25.2 Å². The van der Waals surface area contributed by atoms with Crippen LogP contribution in [0.3, 0.4) is 0 Å². The molecule has 0 spiro atoms. The first-order chi connectivity index (χ1) is 8.73. The van der Waals surface area contributed by atoms with Crippen LogP contribution in [-0.2, 0) is 17.6 Å². The number of benzene rings is 1. The summed E-state index contributed by atoms with van der Waals surface area (Å²) in [5, 5.41) is 12.9.